The summed E-state index contributed by atoms with van der Waals surface area (Å²) in [6, 6.07) is 2.88. The molecule has 3 atom stereocenters. The monoisotopic (exact) mass is 350 g/mol. The van der Waals surface area contributed by atoms with Crippen molar-refractivity contribution >= 4 is 45.0 Å². The fraction of sp³-hybridized carbons (Fsp3) is 0.500. The molecule has 1 aromatic heterocycles. The third-order valence-electron chi connectivity index (χ3n) is 3.50. The summed E-state index contributed by atoms with van der Waals surface area (Å²) in [7, 11) is -0.893. The number of fused-ring (bicyclic) bond motifs is 1. The maximum atomic E-state index is 13.7. The minimum atomic E-state index is -0.893. The van der Waals surface area contributed by atoms with E-state index in [4.69, 9.17) is 23.2 Å². The molecular weight excluding hydrogens is 334 g/mol. The van der Waals surface area contributed by atoms with Crippen LogP contribution >= 0.6 is 23.2 Å². The van der Waals surface area contributed by atoms with E-state index in [2.05, 4.69) is 4.98 Å². The topological polar surface area (TPSA) is 34.9 Å². The first kappa shape index (κ1) is 16.7. The molecule has 0 saturated carbocycles. The number of alkyl halides is 1. The van der Waals surface area contributed by atoms with Crippen LogP contribution in [0, 0.1) is 5.82 Å². The molecule has 2 rings (SSSR count). The van der Waals surface area contributed by atoms with Crippen LogP contribution in [0.15, 0.2) is 12.1 Å². The molecule has 0 amide bonds. The van der Waals surface area contributed by atoms with Gasteiger partial charge in [-0.25, -0.2) is 9.37 Å². The van der Waals surface area contributed by atoms with Gasteiger partial charge in [0.25, 0.3) is 0 Å². The molecule has 3 nitrogen and oxygen atoms in total. The van der Waals surface area contributed by atoms with Gasteiger partial charge in [0.15, 0.2) is 0 Å². The van der Waals surface area contributed by atoms with Gasteiger partial charge in [0.1, 0.15) is 11.6 Å². The molecule has 0 bridgehead atoms. The van der Waals surface area contributed by atoms with E-state index < -0.39 is 16.6 Å². The van der Waals surface area contributed by atoms with E-state index in [-0.39, 0.29) is 15.6 Å². The Kier molecular flexibility index (Phi) is 5.28. The molecule has 0 saturated heterocycles. The van der Waals surface area contributed by atoms with Crippen molar-refractivity contribution in [2.45, 2.75) is 37.4 Å². The maximum Gasteiger partial charge on any atom is 0.144 e. The molecule has 1 heterocycles. The molecule has 0 aliphatic carbocycles. The second-order valence-corrected chi connectivity index (χ2v) is 7.95. The van der Waals surface area contributed by atoms with Crippen LogP contribution in [-0.4, -0.2) is 25.3 Å². The maximum absolute atomic E-state index is 13.7. The fourth-order valence-electron chi connectivity index (χ4n) is 2.15. The van der Waals surface area contributed by atoms with E-state index >= 15 is 0 Å². The van der Waals surface area contributed by atoms with Crippen LogP contribution in [0.1, 0.15) is 31.5 Å². The summed E-state index contributed by atoms with van der Waals surface area (Å²) in [5.41, 5.74) is 1.28. The van der Waals surface area contributed by atoms with Crippen molar-refractivity contribution < 1.29 is 8.60 Å². The number of aryl methyl sites for hydroxylation is 1. The molecule has 7 heteroatoms. The molecular formula is C14H17Cl2FN2OS. The standard InChI is InChI=1S/C14H17Cl2FN2OS/c1-8(21(3)20)4-5-19-13-7-11(17)10(16)6-12(13)18-14(19)9(2)15/h6-9H,4-5H2,1-3H3. The zero-order valence-corrected chi connectivity index (χ0v) is 14.4. The van der Waals surface area contributed by atoms with E-state index in [1.54, 1.807) is 6.26 Å². The first-order valence-corrected chi connectivity index (χ1v) is 9.06. The smallest absolute Gasteiger partial charge is 0.144 e. The summed E-state index contributed by atoms with van der Waals surface area (Å²) in [4.78, 5) is 4.44. The largest absolute Gasteiger partial charge is 0.327 e. The van der Waals surface area contributed by atoms with Crippen molar-refractivity contribution in [2.75, 3.05) is 6.26 Å². The van der Waals surface area contributed by atoms with Crippen LogP contribution in [0.2, 0.25) is 5.02 Å². The number of hydrogen-bond acceptors (Lipinski definition) is 2. The van der Waals surface area contributed by atoms with Gasteiger partial charge in [0.05, 0.1) is 21.4 Å². The fourth-order valence-corrected chi connectivity index (χ4v) is 2.92. The Hall–Kier alpha value is -0.650. The van der Waals surface area contributed by atoms with Gasteiger partial charge in [-0.15, -0.1) is 11.6 Å². The summed E-state index contributed by atoms with van der Waals surface area (Å²) < 4.78 is 27.1. The quantitative estimate of drug-likeness (QED) is 0.754. The molecule has 2 aromatic rings. The van der Waals surface area contributed by atoms with E-state index in [1.807, 2.05) is 18.4 Å². The Morgan fingerprint density at radius 3 is 2.67 bits per heavy atom. The minimum Gasteiger partial charge on any atom is -0.327 e. The number of aromatic nitrogens is 2. The summed E-state index contributed by atoms with van der Waals surface area (Å²) in [5.74, 6) is 0.189. The molecule has 0 aliphatic rings. The van der Waals surface area contributed by atoms with Crippen LogP contribution in [0.3, 0.4) is 0 Å². The Balaban J connectivity index is 2.46. The second kappa shape index (κ2) is 6.63. The van der Waals surface area contributed by atoms with E-state index in [9.17, 15) is 8.60 Å². The highest BCUT2D eigenvalue weighted by Crippen LogP contribution is 2.28. The van der Waals surface area contributed by atoms with Crippen LogP contribution in [0.5, 0.6) is 0 Å². The Bertz CT molecular complexity index is 687. The first-order valence-electron chi connectivity index (χ1n) is 6.62. The highest BCUT2D eigenvalue weighted by molar-refractivity contribution is 7.84. The lowest BCUT2D eigenvalue weighted by atomic mass is 10.3. The highest BCUT2D eigenvalue weighted by Gasteiger charge is 2.18. The van der Waals surface area contributed by atoms with Crippen LogP contribution in [0.4, 0.5) is 4.39 Å². The van der Waals surface area contributed by atoms with Gasteiger partial charge in [-0.2, -0.15) is 0 Å². The van der Waals surface area contributed by atoms with Gasteiger partial charge in [-0.1, -0.05) is 18.5 Å². The minimum absolute atomic E-state index is 0.0453. The molecule has 3 unspecified atom stereocenters. The molecule has 21 heavy (non-hydrogen) atoms. The lowest BCUT2D eigenvalue weighted by Crippen LogP contribution is -2.14. The van der Waals surface area contributed by atoms with Crippen molar-refractivity contribution in [3.05, 3.63) is 28.8 Å². The number of imidazole rings is 1. The summed E-state index contributed by atoms with van der Waals surface area (Å²) in [6.07, 6.45) is 2.39. The average Bonchev–Trinajstić information content (AvgIpc) is 2.74. The van der Waals surface area contributed by atoms with Crippen molar-refractivity contribution in [1.29, 1.82) is 0 Å². The Morgan fingerprint density at radius 2 is 2.10 bits per heavy atom. The number of benzene rings is 1. The molecule has 0 aliphatic heterocycles. The zero-order valence-electron chi connectivity index (χ0n) is 12.1. The molecule has 0 spiro atoms. The molecule has 0 fully saturated rings. The van der Waals surface area contributed by atoms with E-state index in [1.165, 1.54) is 12.1 Å². The van der Waals surface area contributed by atoms with Crippen LogP contribution < -0.4 is 0 Å². The highest BCUT2D eigenvalue weighted by atomic mass is 35.5. The lowest BCUT2D eigenvalue weighted by molar-refractivity contribution is 0.604. The first-order chi connectivity index (χ1) is 9.81. The summed E-state index contributed by atoms with van der Waals surface area (Å²) in [5, 5.41) is -0.205. The van der Waals surface area contributed by atoms with Crippen molar-refractivity contribution in [3.63, 3.8) is 0 Å². The summed E-state index contributed by atoms with van der Waals surface area (Å²) >= 11 is 12.0. The number of rotatable bonds is 5. The molecule has 0 radical (unpaired) electrons. The Labute approximate surface area is 135 Å². The molecule has 0 N–H and O–H groups in total. The van der Waals surface area contributed by atoms with Gasteiger partial charge in [-0.3, -0.25) is 4.21 Å². The van der Waals surface area contributed by atoms with Crippen molar-refractivity contribution in [3.8, 4) is 0 Å². The predicted molar refractivity (Wildman–Crippen MR) is 87.1 cm³/mol. The third-order valence-corrected chi connectivity index (χ3v) is 5.36. The zero-order chi connectivity index (χ0) is 15.7. The number of hydrogen-bond donors (Lipinski definition) is 0. The SMILES string of the molecule is CC(Cl)c1nc2cc(Cl)c(F)cc2n1CCC(C)S(C)=O. The van der Waals surface area contributed by atoms with Gasteiger partial charge >= 0.3 is 0 Å². The molecule has 116 valence electrons. The predicted octanol–water partition coefficient (Wildman–Crippen LogP) is 4.29. The average molecular weight is 351 g/mol. The van der Waals surface area contributed by atoms with Crippen LogP contribution in [-0.2, 0) is 17.3 Å². The van der Waals surface area contributed by atoms with Crippen molar-refractivity contribution in [1.82, 2.24) is 9.55 Å². The lowest BCUT2D eigenvalue weighted by Gasteiger charge is -2.13. The second-order valence-electron chi connectivity index (χ2n) is 5.09. The van der Waals surface area contributed by atoms with Crippen molar-refractivity contribution in [2.24, 2.45) is 0 Å². The number of nitrogens with zero attached hydrogens (tertiary/aromatic N) is 2. The van der Waals surface area contributed by atoms with E-state index in [0.29, 0.717) is 29.8 Å². The van der Waals surface area contributed by atoms with Gasteiger partial charge < -0.3 is 4.57 Å². The van der Waals surface area contributed by atoms with Gasteiger partial charge in [0.2, 0.25) is 0 Å². The van der Waals surface area contributed by atoms with E-state index in [0.717, 1.165) is 0 Å². The number of halogens is 3. The summed E-state index contributed by atoms with van der Waals surface area (Å²) in [6.45, 7) is 4.33. The van der Waals surface area contributed by atoms with Crippen LogP contribution in [0.25, 0.3) is 11.0 Å². The van der Waals surface area contributed by atoms with Gasteiger partial charge in [-0.05, 0) is 19.4 Å². The Morgan fingerprint density at radius 1 is 1.43 bits per heavy atom. The normalized spacial score (nSPS) is 16.1. The molecule has 1 aromatic carbocycles. The van der Waals surface area contributed by atoms with Gasteiger partial charge in [0, 0.05) is 34.9 Å². The third kappa shape index (κ3) is 3.58.